The summed E-state index contributed by atoms with van der Waals surface area (Å²) in [6, 6.07) is 26.3. The second-order valence-electron chi connectivity index (χ2n) is 16.2. The van der Waals surface area contributed by atoms with Crippen LogP contribution in [-0.2, 0) is 35.1 Å². The minimum Gasteiger partial charge on any atom is -0.339 e. The number of hydrogen-bond acceptors (Lipinski definition) is 17. The van der Waals surface area contributed by atoms with Crippen molar-refractivity contribution in [2.24, 2.45) is 26.4 Å². The van der Waals surface area contributed by atoms with Crippen LogP contribution in [0.2, 0.25) is 10.0 Å². The molecule has 1 unspecified atom stereocenters. The molecule has 2 heterocycles. The van der Waals surface area contributed by atoms with Gasteiger partial charge < -0.3 is 16.0 Å². The molecule has 0 aliphatic heterocycles. The van der Waals surface area contributed by atoms with E-state index in [0.717, 1.165) is 48.4 Å². The third-order valence-electron chi connectivity index (χ3n) is 11.3. The van der Waals surface area contributed by atoms with Crippen LogP contribution in [0.1, 0.15) is 56.2 Å². The van der Waals surface area contributed by atoms with Crippen LogP contribution in [0.15, 0.2) is 132 Å². The van der Waals surface area contributed by atoms with Crippen molar-refractivity contribution in [3.63, 3.8) is 0 Å². The molecule has 0 bridgehead atoms. The van der Waals surface area contributed by atoms with Gasteiger partial charge in [0.2, 0.25) is 5.91 Å². The first-order valence-electron chi connectivity index (χ1n) is 21.9. The van der Waals surface area contributed by atoms with E-state index in [9.17, 15) is 54.2 Å². The molecule has 7 aromatic rings. The highest BCUT2D eigenvalue weighted by molar-refractivity contribution is 7.86. The van der Waals surface area contributed by atoms with Gasteiger partial charge in [0.15, 0.2) is 16.6 Å². The molecule has 7 rings (SSSR count). The molecular weight excluding hydrogens is 1080 g/mol. The van der Waals surface area contributed by atoms with Gasteiger partial charge in [-0.3, -0.25) is 18.5 Å². The number of halogens is 2. The molecule has 0 saturated carbocycles. The number of benzene rings is 5. The highest BCUT2D eigenvalue weighted by Crippen LogP contribution is 2.49. The minimum absolute atomic E-state index is 0.00193. The Kier molecular flexibility index (Phi) is 16.6. The maximum absolute atomic E-state index is 13.2. The minimum atomic E-state index is -5.03. The highest BCUT2D eigenvalue weighted by atomic mass is 35.5. The largest absolute Gasteiger partial charge is 0.339 e. The molecule has 0 aliphatic rings. The lowest BCUT2D eigenvalue weighted by atomic mass is 9.98. The van der Waals surface area contributed by atoms with E-state index in [4.69, 9.17) is 23.2 Å². The predicted octanol–water partition coefficient (Wildman–Crippen LogP) is 13.5. The fourth-order valence-corrected chi connectivity index (χ4v) is 11.0. The number of carbonyl (C=O) groups excluding carboxylic acids is 1. The van der Waals surface area contributed by atoms with Gasteiger partial charge in [-0.05, 0) is 98.1 Å². The molecule has 0 radical (unpaired) electrons. The molecule has 26 heteroatoms. The monoisotopic (exact) mass is 1110 g/mol. The first kappa shape index (κ1) is 54.5. The molecule has 1 atom stereocenters. The Morgan fingerprint density at radius 2 is 1.32 bits per heavy atom. The van der Waals surface area contributed by atoms with Crippen molar-refractivity contribution < 1.29 is 43.7 Å². The zero-order valence-electron chi connectivity index (χ0n) is 38.9. The SMILES string of the molecule is CCCCC(CC)C(=O)Nc1ccc(-c2c(N=Nc3cc(S(=O)(=O)O)c4cccc(S(=O)(=O)O)c4c3)sc(N=Nc3c(Nc4ccc(Cl)cc4)nc(Nc4ccc(Cl)c(S(=O)(=O)O)c4)c(C#N)c3C)c2C#N)cc1. The van der Waals surface area contributed by atoms with E-state index in [0.29, 0.717) is 34.8 Å². The molecule has 20 nitrogen and oxygen atoms in total. The maximum Gasteiger partial charge on any atom is 0.296 e. The van der Waals surface area contributed by atoms with Gasteiger partial charge in [0.25, 0.3) is 30.4 Å². The van der Waals surface area contributed by atoms with Crippen molar-refractivity contribution in [2.75, 3.05) is 16.0 Å². The van der Waals surface area contributed by atoms with Crippen molar-refractivity contribution in [3.05, 3.63) is 124 Å². The number of nitriles is 2. The predicted molar refractivity (Wildman–Crippen MR) is 281 cm³/mol. The average molecular weight is 1120 g/mol. The number of anilines is 5. The number of fused-ring (bicyclic) bond motifs is 1. The number of thiophene rings is 1. The number of carbonyl (C=O) groups is 1. The van der Waals surface area contributed by atoms with Crippen LogP contribution < -0.4 is 16.0 Å². The van der Waals surface area contributed by atoms with Crippen LogP contribution in [0.5, 0.6) is 0 Å². The van der Waals surface area contributed by atoms with Crippen molar-refractivity contribution in [1.82, 2.24) is 4.98 Å². The van der Waals surface area contributed by atoms with Gasteiger partial charge in [-0.2, -0.15) is 35.8 Å². The molecule has 380 valence electrons. The molecule has 5 aromatic carbocycles. The van der Waals surface area contributed by atoms with Gasteiger partial charge in [-0.25, -0.2) is 4.98 Å². The Morgan fingerprint density at radius 3 is 1.95 bits per heavy atom. The number of nitrogens with one attached hydrogen (secondary N) is 3. The van der Waals surface area contributed by atoms with Gasteiger partial charge in [-0.1, -0.05) is 85.5 Å². The summed E-state index contributed by atoms with van der Waals surface area (Å²) in [5, 5.41) is 47.4. The number of amides is 1. The Morgan fingerprint density at radius 1 is 0.703 bits per heavy atom. The van der Waals surface area contributed by atoms with Crippen LogP contribution in [0.25, 0.3) is 21.9 Å². The maximum atomic E-state index is 13.2. The molecule has 6 N–H and O–H groups in total. The standard InChI is InChI=1S/C48H40Cl2N10O10S4/c1-4-6-8-27(5-2)46(61)55-31-15-11-28(12-16-31)42-37(25-52)47(71-48(42)60-57-33-21-35-34(40(23-33)73(65,66)67)9-7-10-39(35)72(62,63)64)59-58-43-26(3)36(24-51)44(56-45(43)53-30-17-13-29(49)14-18-30)54-32-19-20-38(50)41(22-32)74(68,69)70/h7,9-23,27H,4-6,8H2,1-3H3,(H,55,61)(H2,53,54,56)(H,62,63,64)(H,65,66,67)(H,68,69,70). The van der Waals surface area contributed by atoms with Crippen LogP contribution in [0.4, 0.5) is 50.1 Å². The number of azo groups is 2. The van der Waals surface area contributed by atoms with E-state index >= 15 is 0 Å². The quantitative estimate of drug-likeness (QED) is 0.0344. The van der Waals surface area contributed by atoms with Gasteiger partial charge in [-0.15, -0.1) is 20.5 Å². The Labute approximate surface area is 438 Å². The van der Waals surface area contributed by atoms with Gasteiger partial charge in [0.05, 0.1) is 16.3 Å². The van der Waals surface area contributed by atoms with Gasteiger partial charge >= 0.3 is 0 Å². The highest BCUT2D eigenvalue weighted by Gasteiger charge is 2.26. The average Bonchev–Trinajstić information content (AvgIpc) is 3.70. The van der Waals surface area contributed by atoms with E-state index in [1.165, 1.54) is 31.2 Å². The molecule has 2 aromatic heterocycles. The van der Waals surface area contributed by atoms with Crippen molar-refractivity contribution in [2.45, 2.75) is 61.1 Å². The number of pyridine rings is 1. The third kappa shape index (κ3) is 12.4. The van der Waals surface area contributed by atoms with Crippen LogP contribution in [0, 0.1) is 35.5 Å². The topological polar surface area (TPSA) is 326 Å². The zero-order valence-corrected chi connectivity index (χ0v) is 43.6. The second-order valence-corrected chi connectivity index (χ2v) is 22.2. The number of nitrogens with zero attached hydrogens (tertiary/aromatic N) is 7. The first-order valence-corrected chi connectivity index (χ1v) is 27.8. The summed E-state index contributed by atoms with van der Waals surface area (Å²) in [5.41, 5.74) is 1.23. The summed E-state index contributed by atoms with van der Waals surface area (Å²) in [4.78, 5) is 15.8. The van der Waals surface area contributed by atoms with Gasteiger partial charge in [0.1, 0.15) is 43.1 Å². The number of unbranched alkanes of at least 4 members (excludes halogenated alkanes) is 1. The number of aromatic nitrogens is 1. The Balaban J connectivity index is 1.39. The van der Waals surface area contributed by atoms with E-state index < -0.39 is 45.0 Å². The van der Waals surface area contributed by atoms with Crippen LogP contribution >= 0.6 is 34.5 Å². The molecule has 0 saturated heterocycles. The van der Waals surface area contributed by atoms with E-state index in [1.54, 1.807) is 48.5 Å². The lowest BCUT2D eigenvalue weighted by Crippen LogP contribution is -2.22. The van der Waals surface area contributed by atoms with Crippen molar-refractivity contribution >= 4 is 132 Å². The first-order chi connectivity index (χ1) is 35.0. The Hall–Kier alpha value is -7.23. The zero-order chi connectivity index (χ0) is 53.7. The summed E-state index contributed by atoms with van der Waals surface area (Å²) in [6.07, 6.45) is 3.14. The summed E-state index contributed by atoms with van der Waals surface area (Å²) in [5.74, 6) is -0.459. The van der Waals surface area contributed by atoms with Crippen molar-refractivity contribution in [3.8, 4) is 23.3 Å². The summed E-state index contributed by atoms with van der Waals surface area (Å²) >= 11 is 13.0. The summed E-state index contributed by atoms with van der Waals surface area (Å²) in [6.45, 7) is 5.51. The number of hydrogen-bond donors (Lipinski definition) is 6. The summed E-state index contributed by atoms with van der Waals surface area (Å²) in [7, 11) is -14.7. The molecule has 0 aliphatic carbocycles. The van der Waals surface area contributed by atoms with Crippen LogP contribution in [0.3, 0.4) is 0 Å². The molecule has 74 heavy (non-hydrogen) atoms. The smallest absolute Gasteiger partial charge is 0.296 e. The van der Waals surface area contributed by atoms with E-state index in [2.05, 4.69) is 53.5 Å². The van der Waals surface area contributed by atoms with Crippen LogP contribution in [-0.4, -0.2) is 49.8 Å². The summed E-state index contributed by atoms with van der Waals surface area (Å²) < 4.78 is 104. The third-order valence-corrected chi connectivity index (χ3v) is 15.6. The van der Waals surface area contributed by atoms with Gasteiger partial charge in [0, 0.05) is 49.9 Å². The normalized spacial score (nSPS) is 12.5. The lowest BCUT2D eigenvalue weighted by Gasteiger charge is -2.16. The molecule has 0 spiro atoms. The van der Waals surface area contributed by atoms with E-state index in [-0.39, 0.29) is 88.6 Å². The Bertz CT molecular complexity index is 3860. The lowest BCUT2D eigenvalue weighted by molar-refractivity contribution is -0.120. The molecule has 1 amide bonds. The van der Waals surface area contributed by atoms with Crippen molar-refractivity contribution in [1.29, 1.82) is 10.5 Å². The molecular formula is C48H40Cl2N10O10S4. The van der Waals surface area contributed by atoms with E-state index in [1.807, 2.05) is 13.8 Å². The fraction of sp³-hybridized carbons (Fsp3) is 0.167. The molecule has 0 fully saturated rings. The second kappa shape index (κ2) is 22.5. The fourth-order valence-electron chi connectivity index (χ4n) is 7.58. The number of rotatable bonds is 18.